The largest absolute Gasteiger partial charge is 0.468 e. The maximum absolute atomic E-state index is 11.0. The summed E-state index contributed by atoms with van der Waals surface area (Å²) in [6.45, 7) is 4.84. The Labute approximate surface area is 99.4 Å². The van der Waals surface area contributed by atoms with Crippen molar-refractivity contribution in [2.75, 3.05) is 27.4 Å². The predicted molar refractivity (Wildman–Crippen MR) is 61.3 cm³/mol. The van der Waals surface area contributed by atoms with E-state index in [2.05, 4.69) is 20.7 Å². The van der Waals surface area contributed by atoms with Crippen LogP contribution in [0.15, 0.2) is 0 Å². The number of ether oxygens (including phenoxy) is 3. The molecule has 0 aliphatic rings. The summed E-state index contributed by atoms with van der Waals surface area (Å²) >= 11 is 3.17. The van der Waals surface area contributed by atoms with E-state index >= 15 is 0 Å². The lowest BCUT2D eigenvalue weighted by molar-refractivity contribution is -0.140. The van der Waals surface area contributed by atoms with Gasteiger partial charge >= 0.3 is 5.97 Å². The highest BCUT2D eigenvalue weighted by Gasteiger charge is 2.18. The molecule has 0 saturated heterocycles. The van der Waals surface area contributed by atoms with Crippen molar-refractivity contribution in [3.8, 4) is 0 Å². The summed E-state index contributed by atoms with van der Waals surface area (Å²) in [5, 5.41) is 0. The molecule has 90 valence electrons. The van der Waals surface area contributed by atoms with E-state index < -0.39 is 4.83 Å². The minimum atomic E-state index is -0.395. The number of alkyl halides is 1. The van der Waals surface area contributed by atoms with Gasteiger partial charge in [-0.25, -0.2) is 0 Å². The Balaban J connectivity index is 3.59. The normalized spacial score (nSPS) is 13.7. The van der Waals surface area contributed by atoms with Crippen molar-refractivity contribution in [3.05, 3.63) is 0 Å². The zero-order valence-electron chi connectivity index (χ0n) is 9.71. The van der Waals surface area contributed by atoms with Crippen LogP contribution in [0.1, 0.15) is 20.3 Å². The van der Waals surface area contributed by atoms with Crippen molar-refractivity contribution >= 4 is 21.9 Å². The molecule has 0 aliphatic heterocycles. The van der Waals surface area contributed by atoms with Crippen LogP contribution in [-0.4, -0.2) is 43.8 Å². The average molecular weight is 283 g/mol. The van der Waals surface area contributed by atoms with Gasteiger partial charge in [0.1, 0.15) is 4.83 Å². The Morgan fingerprint density at radius 2 is 2.00 bits per heavy atom. The van der Waals surface area contributed by atoms with Crippen LogP contribution in [0.5, 0.6) is 0 Å². The molecule has 0 aromatic carbocycles. The molecular weight excluding hydrogens is 264 g/mol. The van der Waals surface area contributed by atoms with Gasteiger partial charge in [0.15, 0.2) is 0 Å². The minimum Gasteiger partial charge on any atom is -0.468 e. The summed E-state index contributed by atoms with van der Waals surface area (Å²) in [5.41, 5.74) is -0.187. The zero-order chi connectivity index (χ0) is 11.9. The molecule has 0 aromatic rings. The van der Waals surface area contributed by atoms with Crippen molar-refractivity contribution in [3.63, 3.8) is 0 Å². The van der Waals surface area contributed by atoms with E-state index in [0.29, 0.717) is 13.2 Å². The maximum Gasteiger partial charge on any atom is 0.321 e. The second-order valence-electron chi connectivity index (χ2n) is 3.78. The molecule has 0 bridgehead atoms. The Hall–Kier alpha value is -0.130. The molecular formula is C10H19BrO4. The molecule has 0 radical (unpaired) electrons. The van der Waals surface area contributed by atoms with Gasteiger partial charge in [0, 0.05) is 13.7 Å². The number of hydrogen-bond acceptors (Lipinski definition) is 4. The average Bonchev–Trinajstić information content (AvgIpc) is 2.22. The van der Waals surface area contributed by atoms with Gasteiger partial charge < -0.3 is 14.2 Å². The molecule has 1 unspecified atom stereocenters. The van der Waals surface area contributed by atoms with E-state index in [-0.39, 0.29) is 11.6 Å². The summed E-state index contributed by atoms with van der Waals surface area (Å²) < 4.78 is 15.1. The lowest BCUT2D eigenvalue weighted by Gasteiger charge is -2.22. The first kappa shape index (κ1) is 14.9. The van der Waals surface area contributed by atoms with E-state index in [1.54, 1.807) is 7.11 Å². The summed E-state index contributed by atoms with van der Waals surface area (Å²) in [5.74, 6) is -0.319. The molecule has 5 heteroatoms. The van der Waals surface area contributed by atoms with Crippen LogP contribution < -0.4 is 0 Å². The molecule has 0 spiro atoms. The van der Waals surface area contributed by atoms with Crippen molar-refractivity contribution < 1.29 is 19.0 Å². The van der Waals surface area contributed by atoms with Crippen molar-refractivity contribution in [1.29, 1.82) is 0 Å². The van der Waals surface area contributed by atoms with Crippen molar-refractivity contribution in [2.45, 2.75) is 30.7 Å². The highest BCUT2D eigenvalue weighted by atomic mass is 79.9. The number of carbonyl (C=O) groups excluding carboxylic acids is 1. The summed E-state index contributed by atoms with van der Waals surface area (Å²) in [6, 6.07) is 0. The molecule has 0 amide bonds. The van der Waals surface area contributed by atoms with Crippen molar-refractivity contribution in [1.82, 2.24) is 0 Å². The zero-order valence-corrected chi connectivity index (χ0v) is 11.3. The quantitative estimate of drug-likeness (QED) is 0.406. The maximum atomic E-state index is 11.0. The third kappa shape index (κ3) is 6.87. The van der Waals surface area contributed by atoms with Crippen LogP contribution in [0.25, 0.3) is 0 Å². The number of carbonyl (C=O) groups is 1. The number of hydrogen-bond donors (Lipinski definition) is 0. The topological polar surface area (TPSA) is 44.8 Å². The molecule has 0 fully saturated rings. The first-order chi connectivity index (χ1) is 6.93. The molecule has 0 saturated carbocycles. The molecule has 4 nitrogen and oxygen atoms in total. The highest BCUT2D eigenvalue weighted by Crippen LogP contribution is 2.13. The van der Waals surface area contributed by atoms with Crippen LogP contribution in [-0.2, 0) is 19.0 Å². The van der Waals surface area contributed by atoms with Gasteiger partial charge in [-0.05, 0) is 20.3 Å². The van der Waals surface area contributed by atoms with Gasteiger partial charge in [0.25, 0.3) is 0 Å². The third-order valence-electron chi connectivity index (χ3n) is 2.12. The Morgan fingerprint density at radius 3 is 2.47 bits per heavy atom. The standard InChI is InChI=1S/C10H19BrO4/c1-10(2,14-4)5-6-15-7-8(11)9(12)13-3/h8H,5-7H2,1-4H3. The van der Waals surface area contributed by atoms with Gasteiger partial charge in [-0.1, -0.05) is 15.9 Å². The number of esters is 1. The summed E-state index contributed by atoms with van der Waals surface area (Å²) in [6.07, 6.45) is 0.782. The monoisotopic (exact) mass is 282 g/mol. The van der Waals surface area contributed by atoms with E-state index in [9.17, 15) is 4.79 Å². The first-order valence-corrected chi connectivity index (χ1v) is 5.69. The van der Waals surface area contributed by atoms with Gasteiger partial charge in [-0.2, -0.15) is 0 Å². The Morgan fingerprint density at radius 1 is 1.40 bits per heavy atom. The number of methoxy groups -OCH3 is 2. The van der Waals surface area contributed by atoms with Gasteiger partial charge in [0.05, 0.1) is 19.3 Å². The van der Waals surface area contributed by atoms with Gasteiger partial charge in [-0.3, -0.25) is 4.79 Å². The van der Waals surface area contributed by atoms with Crippen LogP contribution in [0, 0.1) is 0 Å². The smallest absolute Gasteiger partial charge is 0.321 e. The highest BCUT2D eigenvalue weighted by molar-refractivity contribution is 9.10. The number of rotatable bonds is 7. The molecule has 15 heavy (non-hydrogen) atoms. The lowest BCUT2D eigenvalue weighted by Crippen LogP contribution is -2.26. The van der Waals surface area contributed by atoms with Crippen LogP contribution in [0.2, 0.25) is 0 Å². The third-order valence-corrected chi connectivity index (χ3v) is 2.76. The second-order valence-corrected chi connectivity index (χ2v) is 4.88. The Bertz CT molecular complexity index is 194. The second kappa shape index (κ2) is 7.19. The molecule has 1 atom stereocenters. The summed E-state index contributed by atoms with van der Waals surface area (Å²) in [4.78, 5) is 10.6. The van der Waals surface area contributed by atoms with E-state index in [1.165, 1.54) is 7.11 Å². The Kier molecular flexibility index (Phi) is 7.13. The lowest BCUT2D eigenvalue weighted by atomic mass is 10.1. The fourth-order valence-electron chi connectivity index (χ4n) is 0.803. The minimum absolute atomic E-state index is 0.187. The molecule has 0 aliphatic carbocycles. The number of halogens is 1. The van der Waals surface area contributed by atoms with Crippen LogP contribution in [0.4, 0.5) is 0 Å². The molecule has 0 heterocycles. The predicted octanol–water partition coefficient (Wildman–Crippen LogP) is 1.75. The van der Waals surface area contributed by atoms with E-state index in [1.807, 2.05) is 13.8 Å². The SMILES string of the molecule is COC(=O)C(Br)COCCC(C)(C)OC. The van der Waals surface area contributed by atoms with Crippen molar-refractivity contribution in [2.24, 2.45) is 0 Å². The fraction of sp³-hybridized carbons (Fsp3) is 0.900. The fourth-order valence-corrected chi connectivity index (χ4v) is 1.18. The molecule has 0 rings (SSSR count). The van der Waals surface area contributed by atoms with E-state index in [0.717, 1.165) is 6.42 Å². The summed E-state index contributed by atoms with van der Waals surface area (Å²) in [7, 11) is 3.02. The molecule has 0 aromatic heterocycles. The van der Waals surface area contributed by atoms with Crippen LogP contribution >= 0.6 is 15.9 Å². The van der Waals surface area contributed by atoms with Gasteiger partial charge in [0.2, 0.25) is 0 Å². The van der Waals surface area contributed by atoms with E-state index in [4.69, 9.17) is 9.47 Å². The van der Waals surface area contributed by atoms with Gasteiger partial charge in [-0.15, -0.1) is 0 Å². The van der Waals surface area contributed by atoms with Crippen LogP contribution in [0.3, 0.4) is 0 Å². The molecule has 0 N–H and O–H groups in total. The first-order valence-electron chi connectivity index (χ1n) is 4.77.